The molecule has 4 rings (SSSR count). The van der Waals surface area contributed by atoms with E-state index < -0.39 is 47.1 Å². The van der Waals surface area contributed by atoms with Crippen molar-refractivity contribution >= 4 is 11.7 Å². The lowest BCUT2D eigenvalue weighted by Gasteiger charge is -2.30. The number of nitrogens with zero attached hydrogens (tertiary/aromatic N) is 5. The molecule has 0 radical (unpaired) electrons. The fourth-order valence-electron chi connectivity index (χ4n) is 3.18. The van der Waals surface area contributed by atoms with Crippen LogP contribution < -0.4 is 5.32 Å². The van der Waals surface area contributed by atoms with Gasteiger partial charge in [0.1, 0.15) is 23.5 Å². The number of alkyl halides is 6. The molecule has 1 aromatic carbocycles. The average molecular weight is 548 g/mol. The van der Waals surface area contributed by atoms with Gasteiger partial charge < -0.3 is 14.9 Å². The van der Waals surface area contributed by atoms with E-state index in [0.29, 0.717) is 6.20 Å². The van der Waals surface area contributed by atoms with Gasteiger partial charge in [-0.2, -0.15) is 31.4 Å². The Morgan fingerprint density at radius 3 is 2.29 bits per heavy atom. The van der Waals surface area contributed by atoms with Gasteiger partial charge in [0, 0.05) is 11.6 Å². The van der Waals surface area contributed by atoms with E-state index in [2.05, 4.69) is 20.2 Å². The number of hydrogen-bond donors (Lipinski definition) is 2. The van der Waals surface area contributed by atoms with E-state index in [9.17, 15) is 45.0 Å². The van der Waals surface area contributed by atoms with Crippen molar-refractivity contribution in [2.75, 3.05) is 5.32 Å². The first-order valence-electron chi connectivity index (χ1n) is 10.1. The van der Waals surface area contributed by atoms with Gasteiger partial charge in [-0.15, -0.1) is 0 Å². The van der Waals surface area contributed by atoms with Crippen molar-refractivity contribution in [2.24, 2.45) is 0 Å². The molecule has 3 aromatic heterocycles. The number of aromatic nitrogens is 5. The third-order valence-corrected chi connectivity index (χ3v) is 5.11. The number of rotatable bonds is 6. The smallest absolute Gasteiger partial charge is 0.366 e. The van der Waals surface area contributed by atoms with Crippen LogP contribution in [-0.4, -0.2) is 53.9 Å². The van der Waals surface area contributed by atoms with Crippen LogP contribution in [0.5, 0.6) is 0 Å². The number of benzene rings is 1. The van der Waals surface area contributed by atoms with Crippen LogP contribution in [0.4, 0.5) is 40.9 Å². The maximum atomic E-state index is 14.2. The highest BCUT2D eigenvalue weighted by Gasteiger charge is 2.75. The Bertz CT molecular complexity index is 1450. The van der Waals surface area contributed by atoms with Crippen molar-refractivity contribution in [1.29, 1.82) is 0 Å². The summed E-state index contributed by atoms with van der Waals surface area (Å²) < 4.78 is 112. The summed E-state index contributed by atoms with van der Waals surface area (Å²) in [7, 11) is 0. The van der Waals surface area contributed by atoms with E-state index in [-0.39, 0.29) is 29.2 Å². The first-order valence-corrected chi connectivity index (χ1v) is 10.1. The molecular formula is C21H12F8N6O3. The summed E-state index contributed by atoms with van der Waals surface area (Å²) in [5.74, 6) is -7.20. The van der Waals surface area contributed by atoms with E-state index in [1.54, 1.807) is 6.07 Å². The topological polar surface area (TPSA) is 119 Å². The van der Waals surface area contributed by atoms with Gasteiger partial charge in [-0.3, -0.25) is 9.48 Å². The minimum atomic E-state index is -6.50. The Morgan fingerprint density at radius 2 is 1.68 bits per heavy atom. The van der Waals surface area contributed by atoms with E-state index in [1.807, 2.05) is 0 Å². The molecule has 3 heterocycles. The van der Waals surface area contributed by atoms with Crippen LogP contribution in [0.3, 0.4) is 0 Å². The molecule has 0 atom stereocenters. The van der Waals surface area contributed by atoms with Gasteiger partial charge in [-0.25, -0.2) is 18.7 Å². The molecule has 0 aliphatic heterocycles. The first kappa shape index (κ1) is 26.6. The molecule has 0 fully saturated rings. The number of carbonyl (C=O) groups excluding carboxylic acids is 1. The van der Waals surface area contributed by atoms with Crippen LogP contribution in [0, 0.1) is 11.6 Å². The SMILES string of the molecule is O=C(Nc1nc(-c2cc(-c3ccon3)n(Cc3ccccc3F)n2)ncc1F)C(O)(C(F)(F)F)C(F)(F)F. The standard InChI is InChI=1S/C21H12F8N6O3/c22-11-4-2-1-3-10(11)9-35-15(13-5-6-38-34-13)7-14(33-35)17-30-8-12(23)16(31-17)32-18(36)19(37,20(24,25)26)21(27,28)29/h1-8,37H,9H2,(H,30,31,32,36). The molecule has 1 amide bonds. The van der Waals surface area contributed by atoms with Crippen molar-refractivity contribution in [3.05, 3.63) is 66.1 Å². The molecule has 200 valence electrons. The maximum Gasteiger partial charge on any atom is 0.435 e. The molecule has 0 aliphatic carbocycles. The minimum absolute atomic E-state index is 0.177. The highest BCUT2D eigenvalue weighted by atomic mass is 19.4. The van der Waals surface area contributed by atoms with Crippen LogP contribution in [0.2, 0.25) is 0 Å². The fraction of sp³-hybridized carbons (Fsp3) is 0.190. The Kier molecular flexibility index (Phi) is 6.64. The van der Waals surface area contributed by atoms with Gasteiger partial charge in [0.05, 0.1) is 18.4 Å². The summed E-state index contributed by atoms with van der Waals surface area (Å²) in [6.45, 7) is -0.177. The summed E-state index contributed by atoms with van der Waals surface area (Å²) in [6.07, 6.45) is -11.4. The van der Waals surface area contributed by atoms with Crippen LogP contribution in [0.1, 0.15) is 5.56 Å². The molecule has 2 N–H and O–H groups in total. The van der Waals surface area contributed by atoms with E-state index >= 15 is 0 Å². The predicted octanol–water partition coefficient (Wildman–Crippen LogP) is 4.12. The average Bonchev–Trinajstić information content (AvgIpc) is 3.50. The molecule has 0 aliphatic rings. The van der Waals surface area contributed by atoms with Gasteiger partial charge in [0.15, 0.2) is 17.5 Å². The second-order valence-corrected chi connectivity index (χ2v) is 7.60. The number of halogens is 8. The molecule has 38 heavy (non-hydrogen) atoms. The second-order valence-electron chi connectivity index (χ2n) is 7.60. The quantitative estimate of drug-likeness (QED) is 0.348. The monoisotopic (exact) mass is 548 g/mol. The molecular weight excluding hydrogens is 536 g/mol. The molecule has 0 saturated heterocycles. The number of amides is 1. The summed E-state index contributed by atoms with van der Waals surface area (Å²) in [6, 6.07) is 8.31. The van der Waals surface area contributed by atoms with Gasteiger partial charge in [0.25, 0.3) is 5.91 Å². The summed E-state index contributed by atoms with van der Waals surface area (Å²) in [5, 5.41) is 18.1. The third kappa shape index (κ3) is 4.79. The maximum absolute atomic E-state index is 14.2. The van der Waals surface area contributed by atoms with Crippen molar-refractivity contribution in [3.8, 4) is 22.9 Å². The summed E-state index contributed by atoms with van der Waals surface area (Å²) in [4.78, 5) is 18.9. The number of aliphatic hydroxyl groups is 1. The summed E-state index contributed by atoms with van der Waals surface area (Å²) in [5.41, 5.74) is -5.51. The zero-order chi connectivity index (χ0) is 27.9. The number of nitrogens with one attached hydrogen (secondary N) is 1. The van der Waals surface area contributed by atoms with Gasteiger partial charge in [0.2, 0.25) is 0 Å². The van der Waals surface area contributed by atoms with E-state index in [0.717, 1.165) is 5.32 Å². The zero-order valence-electron chi connectivity index (χ0n) is 18.3. The van der Waals surface area contributed by atoms with Crippen LogP contribution in [-0.2, 0) is 11.3 Å². The highest BCUT2D eigenvalue weighted by molar-refractivity contribution is 5.98. The molecule has 0 bridgehead atoms. The molecule has 0 unspecified atom stereocenters. The normalized spacial score (nSPS) is 12.6. The summed E-state index contributed by atoms with van der Waals surface area (Å²) >= 11 is 0. The lowest BCUT2D eigenvalue weighted by Crippen LogP contribution is -2.64. The number of carbonyl (C=O) groups is 1. The van der Waals surface area contributed by atoms with E-state index in [4.69, 9.17) is 4.52 Å². The second kappa shape index (κ2) is 9.47. The van der Waals surface area contributed by atoms with Crippen LogP contribution >= 0.6 is 0 Å². The number of hydrogen-bond acceptors (Lipinski definition) is 7. The van der Waals surface area contributed by atoms with Crippen molar-refractivity contribution in [1.82, 2.24) is 24.9 Å². The first-order chi connectivity index (χ1) is 17.7. The molecule has 0 saturated carbocycles. The van der Waals surface area contributed by atoms with Gasteiger partial charge in [-0.1, -0.05) is 23.4 Å². The lowest BCUT2D eigenvalue weighted by atomic mass is 10.0. The van der Waals surface area contributed by atoms with Gasteiger partial charge >= 0.3 is 18.0 Å². The largest absolute Gasteiger partial charge is 0.435 e. The molecule has 9 nitrogen and oxygen atoms in total. The van der Waals surface area contributed by atoms with E-state index in [1.165, 1.54) is 41.3 Å². The Balaban J connectivity index is 1.73. The minimum Gasteiger partial charge on any atom is -0.366 e. The molecule has 17 heteroatoms. The third-order valence-electron chi connectivity index (χ3n) is 5.11. The highest BCUT2D eigenvalue weighted by Crippen LogP contribution is 2.43. The fourth-order valence-corrected chi connectivity index (χ4v) is 3.18. The van der Waals surface area contributed by atoms with Crippen molar-refractivity contribution in [3.63, 3.8) is 0 Å². The van der Waals surface area contributed by atoms with Crippen LogP contribution in [0.25, 0.3) is 22.9 Å². The predicted molar refractivity (Wildman–Crippen MR) is 110 cm³/mol. The van der Waals surface area contributed by atoms with Crippen molar-refractivity contribution in [2.45, 2.75) is 24.5 Å². The number of anilines is 1. The Morgan fingerprint density at radius 1 is 1.00 bits per heavy atom. The molecule has 0 spiro atoms. The van der Waals surface area contributed by atoms with Crippen LogP contribution in [0.15, 0.2) is 53.4 Å². The molecule has 4 aromatic rings. The Hall–Kier alpha value is -4.41. The lowest BCUT2D eigenvalue weighted by molar-refractivity contribution is -0.348. The zero-order valence-corrected chi connectivity index (χ0v) is 18.3. The van der Waals surface area contributed by atoms with Crippen molar-refractivity contribution < 1.29 is 49.5 Å². The Labute approximate surface area is 205 Å². The van der Waals surface area contributed by atoms with Gasteiger partial charge in [-0.05, 0) is 12.1 Å².